The van der Waals surface area contributed by atoms with E-state index in [1.807, 2.05) is 31.2 Å². The Labute approximate surface area is 156 Å². The van der Waals surface area contributed by atoms with Crippen LogP contribution in [-0.4, -0.2) is 23.0 Å². The highest BCUT2D eigenvalue weighted by molar-refractivity contribution is 6.68. The normalized spacial score (nSPS) is 12.4. The number of para-hydroxylation sites is 2. The Balaban J connectivity index is 2.24. The number of anilines is 1. The molecule has 1 atom stereocenters. The molecule has 1 amide bonds. The Morgan fingerprint density at radius 2 is 1.71 bits per heavy atom. The third-order valence-corrected chi connectivity index (χ3v) is 4.05. The second-order valence-electron chi connectivity index (χ2n) is 5.11. The molecule has 7 heteroatoms. The average Bonchev–Trinajstić information content (AvgIpc) is 2.54. The van der Waals surface area contributed by atoms with Crippen molar-refractivity contribution in [2.75, 3.05) is 12.4 Å². The van der Waals surface area contributed by atoms with Gasteiger partial charge in [-0.1, -0.05) is 65.1 Å². The molecule has 0 aliphatic heterocycles. The summed E-state index contributed by atoms with van der Waals surface area (Å²) < 4.78 is 3.50. The van der Waals surface area contributed by atoms with Gasteiger partial charge in [0.25, 0.3) is 5.91 Å². The first-order chi connectivity index (χ1) is 11.3. The van der Waals surface area contributed by atoms with Crippen molar-refractivity contribution in [2.45, 2.75) is 16.9 Å². The molecule has 0 aromatic heterocycles. The van der Waals surface area contributed by atoms with Gasteiger partial charge in [0.2, 0.25) is 3.79 Å². The Morgan fingerprint density at radius 1 is 1.08 bits per heavy atom. The first-order valence-electron chi connectivity index (χ1n) is 7.15. The molecule has 24 heavy (non-hydrogen) atoms. The molecule has 2 N–H and O–H groups in total. The maximum absolute atomic E-state index is 12.5. The van der Waals surface area contributed by atoms with E-state index in [1.54, 1.807) is 24.3 Å². The van der Waals surface area contributed by atoms with Crippen LogP contribution in [0.1, 0.15) is 15.9 Å². The highest BCUT2D eigenvalue weighted by atomic mass is 35.6. The van der Waals surface area contributed by atoms with E-state index in [-0.39, 0.29) is 5.91 Å². The van der Waals surface area contributed by atoms with Crippen molar-refractivity contribution < 1.29 is 9.53 Å². The van der Waals surface area contributed by atoms with Crippen molar-refractivity contribution in [2.24, 2.45) is 0 Å². The maximum atomic E-state index is 12.5. The summed E-state index contributed by atoms with van der Waals surface area (Å²) in [6, 6.07) is 14.3. The molecule has 0 saturated carbocycles. The third kappa shape index (κ3) is 4.69. The van der Waals surface area contributed by atoms with Crippen LogP contribution in [0.2, 0.25) is 0 Å². The van der Waals surface area contributed by atoms with Crippen LogP contribution < -0.4 is 15.4 Å². The van der Waals surface area contributed by atoms with E-state index in [2.05, 4.69) is 10.6 Å². The number of benzene rings is 2. The Kier molecular flexibility index (Phi) is 6.21. The van der Waals surface area contributed by atoms with Gasteiger partial charge in [0.1, 0.15) is 11.9 Å². The van der Waals surface area contributed by atoms with E-state index in [1.165, 1.54) is 7.11 Å². The molecule has 4 nitrogen and oxygen atoms in total. The number of rotatable bonds is 5. The lowest BCUT2D eigenvalue weighted by atomic mass is 10.1. The number of ether oxygens (including phenoxy) is 1. The first-order valence-corrected chi connectivity index (χ1v) is 8.29. The van der Waals surface area contributed by atoms with E-state index < -0.39 is 9.96 Å². The quantitative estimate of drug-likeness (QED) is 0.585. The first kappa shape index (κ1) is 18.7. The maximum Gasteiger partial charge on any atom is 0.253 e. The fraction of sp³-hybridized carbons (Fsp3) is 0.235. The number of aryl methyl sites for hydroxylation is 1. The van der Waals surface area contributed by atoms with Gasteiger partial charge in [-0.2, -0.15) is 0 Å². The molecule has 2 aromatic rings. The lowest BCUT2D eigenvalue weighted by Crippen LogP contribution is -2.49. The molecular weight excluding hydrogens is 371 g/mol. The monoisotopic (exact) mass is 386 g/mol. The number of nitrogens with one attached hydrogen (secondary N) is 2. The third-order valence-electron chi connectivity index (χ3n) is 3.40. The summed E-state index contributed by atoms with van der Waals surface area (Å²) in [6.45, 7) is 1.84. The zero-order valence-corrected chi connectivity index (χ0v) is 15.4. The second-order valence-corrected chi connectivity index (χ2v) is 7.48. The van der Waals surface area contributed by atoms with Crippen molar-refractivity contribution in [3.8, 4) is 5.75 Å². The van der Waals surface area contributed by atoms with Crippen LogP contribution in [0, 0.1) is 6.92 Å². The largest absolute Gasteiger partial charge is 0.495 e. The summed E-state index contributed by atoms with van der Waals surface area (Å²) in [6.07, 6.45) is -0.953. The van der Waals surface area contributed by atoms with Gasteiger partial charge < -0.3 is 15.4 Å². The fourth-order valence-electron chi connectivity index (χ4n) is 2.16. The minimum absolute atomic E-state index is 0.341. The molecule has 0 bridgehead atoms. The van der Waals surface area contributed by atoms with Gasteiger partial charge in [-0.3, -0.25) is 4.79 Å². The summed E-state index contributed by atoms with van der Waals surface area (Å²) in [4.78, 5) is 12.5. The van der Waals surface area contributed by atoms with Gasteiger partial charge in [0.15, 0.2) is 0 Å². The van der Waals surface area contributed by atoms with Crippen LogP contribution in [-0.2, 0) is 0 Å². The standard InChI is InChI=1S/C17H17Cl3N2O2/c1-11-7-3-4-8-12(11)15(23)22-16(17(18,19)20)21-13-9-5-6-10-14(13)24-2/h3-10,16,21H,1-2H3,(H,22,23). The second kappa shape index (κ2) is 7.97. The highest BCUT2D eigenvalue weighted by Crippen LogP contribution is 2.33. The molecule has 0 aliphatic carbocycles. The van der Waals surface area contributed by atoms with E-state index >= 15 is 0 Å². The predicted octanol–water partition coefficient (Wildman–Crippen LogP) is 4.54. The number of carbonyl (C=O) groups excluding carboxylic acids is 1. The Bertz CT molecular complexity index is 717. The molecule has 0 radical (unpaired) electrons. The van der Waals surface area contributed by atoms with E-state index in [9.17, 15) is 4.79 Å². The topological polar surface area (TPSA) is 50.4 Å². The van der Waals surface area contributed by atoms with Crippen molar-refractivity contribution in [3.05, 3.63) is 59.7 Å². The van der Waals surface area contributed by atoms with E-state index in [4.69, 9.17) is 39.5 Å². The number of methoxy groups -OCH3 is 1. The summed E-state index contributed by atoms with van der Waals surface area (Å²) in [5, 5.41) is 5.72. The number of carbonyl (C=O) groups is 1. The SMILES string of the molecule is COc1ccccc1NC(NC(=O)c1ccccc1C)C(Cl)(Cl)Cl. The van der Waals surface area contributed by atoms with Crippen molar-refractivity contribution in [1.29, 1.82) is 0 Å². The zero-order chi connectivity index (χ0) is 17.7. The molecule has 0 saturated heterocycles. The van der Waals surface area contributed by atoms with Crippen molar-refractivity contribution >= 4 is 46.4 Å². The van der Waals surface area contributed by atoms with Gasteiger partial charge in [-0.05, 0) is 30.7 Å². The summed E-state index contributed by atoms with van der Waals surface area (Å²) in [5.74, 6) is 0.230. The van der Waals surface area contributed by atoms with Crippen LogP contribution in [0.25, 0.3) is 0 Å². The fourth-order valence-corrected chi connectivity index (χ4v) is 2.48. The van der Waals surface area contributed by atoms with Gasteiger partial charge >= 0.3 is 0 Å². The minimum atomic E-state index is -1.76. The van der Waals surface area contributed by atoms with Gasteiger partial charge in [-0.15, -0.1) is 0 Å². The molecule has 0 heterocycles. The highest BCUT2D eigenvalue weighted by Gasteiger charge is 2.35. The number of alkyl halides is 3. The Morgan fingerprint density at radius 3 is 2.33 bits per heavy atom. The molecule has 1 unspecified atom stereocenters. The van der Waals surface area contributed by atoms with Crippen LogP contribution in [0.5, 0.6) is 5.75 Å². The van der Waals surface area contributed by atoms with Gasteiger partial charge in [-0.25, -0.2) is 0 Å². The predicted molar refractivity (Wildman–Crippen MR) is 99.3 cm³/mol. The number of amides is 1. The average molecular weight is 388 g/mol. The lowest BCUT2D eigenvalue weighted by Gasteiger charge is -2.28. The van der Waals surface area contributed by atoms with Crippen LogP contribution >= 0.6 is 34.8 Å². The molecule has 2 rings (SSSR count). The molecule has 128 valence electrons. The van der Waals surface area contributed by atoms with Crippen molar-refractivity contribution in [3.63, 3.8) is 0 Å². The molecule has 0 aliphatic rings. The number of hydrogen-bond acceptors (Lipinski definition) is 3. The lowest BCUT2D eigenvalue weighted by molar-refractivity contribution is 0.0941. The van der Waals surface area contributed by atoms with Gasteiger partial charge in [0, 0.05) is 5.56 Å². The zero-order valence-electron chi connectivity index (χ0n) is 13.1. The van der Waals surface area contributed by atoms with Crippen LogP contribution in [0.15, 0.2) is 48.5 Å². The summed E-state index contributed by atoms with van der Waals surface area (Å²) in [7, 11) is 1.54. The summed E-state index contributed by atoms with van der Waals surface area (Å²) in [5.41, 5.74) is 1.94. The molecule has 2 aromatic carbocycles. The van der Waals surface area contributed by atoms with E-state index in [0.29, 0.717) is 17.0 Å². The number of halogens is 3. The van der Waals surface area contributed by atoms with Gasteiger partial charge in [0.05, 0.1) is 12.8 Å². The summed E-state index contributed by atoms with van der Waals surface area (Å²) >= 11 is 18.1. The number of hydrogen-bond donors (Lipinski definition) is 2. The molecule has 0 fully saturated rings. The smallest absolute Gasteiger partial charge is 0.253 e. The van der Waals surface area contributed by atoms with Crippen molar-refractivity contribution in [1.82, 2.24) is 5.32 Å². The minimum Gasteiger partial charge on any atom is -0.495 e. The van der Waals surface area contributed by atoms with E-state index in [0.717, 1.165) is 5.56 Å². The van der Waals surface area contributed by atoms with Crippen LogP contribution in [0.3, 0.4) is 0 Å². The van der Waals surface area contributed by atoms with Crippen LogP contribution in [0.4, 0.5) is 5.69 Å². The molecular formula is C17H17Cl3N2O2. The Hall–Kier alpha value is -1.62. The molecule has 0 spiro atoms.